The highest BCUT2D eigenvalue weighted by atomic mass is 35.5. The van der Waals surface area contributed by atoms with Crippen LogP contribution >= 0.6 is 11.6 Å². The number of ether oxygens (including phenoxy) is 1. The van der Waals surface area contributed by atoms with Crippen LogP contribution in [-0.2, 0) is 4.79 Å². The molecule has 1 fully saturated rings. The standard InChI is InChI=1S/C30H34ClN5O4/c1-3-16-36(29(38)22-4-6-23(31)7-5-22)21-28(37)32-24-8-12-26(13-9-24)34-17-19-35(20-18-34)30(39)33-25-10-14-27(40-2)15-11-25/h4-15H,3,16-21H2,1-2H3,(H,32,37)(H,33,39). The van der Waals surface area contributed by atoms with E-state index in [2.05, 4.69) is 15.5 Å². The lowest BCUT2D eigenvalue weighted by Crippen LogP contribution is -2.50. The summed E-state index contributed by atoms with van der Waals surface area (Å²) in [6.45, 7) is 4.97. The third kappa shape index (κ3) is 7.66. The van der Waals surface area contributed by atoms with Gasteiger partial charge >= 0.3 is 6.03 Å². The van der Waals surface area contributed by atoms with E-state index in [1.807, 2.05) is 55.5 Å². The summed E-state index contributed by atoms with van der Waals surface area (Å²) in [6, 6.07) is 21.4. The molecule has 0 radical (unpaired) electrons. The molecule has 0 atom stereocenters. The molecule has 4 rings (SSSR count). The van der Waals surface area contributed by atoms with Gasteiger partial charge < -0.3 is 30.1 Å². The fourth-order valence-electron chi connectivity index (χ4n) is 4.47. The Morgan fingerprint density at radius 2 is 1.45 bits per heavy atom. The van der Waals surface area contributed by atoms with Crippen LogP contribution in [0.4, 0.5) is 21.9 Å². The summed E-state index contributed by atoms with van der Waals surface area (Å²) in [7, 11) is 1.60. The van der Waals surface area contributed by atoms with Crippen molar-refractivity contribution in [2.45, 2.75) is 13.3 Å². The number of anilines is 3. The third-order valence-corrected chi connectivity index (χ3v) is 6.88. The lowest BCUT2D eigenvalue weighted by Gasteiger charge is -2.36. The first-order chi connectivity index (χ1) is 19.4. The lowest BCUT2D eigenvalue weighted by atomic mass is 10.2. The minimum atomic E-state index is -0.264. The van der Waals surface area contributed by atoms with E-state index >= 15 is 0 Å². The van der Waals surface area contributed by atoms with Gasteiger partial charge in [0.2, 0.25) is 5.91 Å². The molecule has 210 valence electrons. The van der Waals surface area contributed by atoms with Gasteiger partial charge in [-0.3, -0.25) is 9.59 Å². The molecule has 0 spiro atoms. The quantitative estimate of drug-likeness (QED) is 0.373. The van der Waals surface area contributed by atoms with Gasteiger partial charge in [0.15, 0.2) is 0 Å². The summed E-state index contributed by atoms with van der Waals surface area (Å²) >= 11 is 5.93. The van der Waals surface area contributed by atoms with E-state index in [0.29, 0.717) is 49.0 Å². The average Bonchev–Trinajstić information content (AvgIpc) is 2.98. The van der Waals surface area contributed by atoms with Crippen molar-refractivity contribution in [2.24, 2.45) is 0 Å². The summed E-state index contributed by atoms with van der Waals surface area (Å²) in [4.78, 5) is 43.8. The number of methoxy groups -OCH3 is 1. The topological polar surface area (TPSA) is 94.2 Å². The number of urea groups is 1. The van der Waals surface area contributed by atoms with Crippen molar-refractivity contribution < 1.29 is 19.1 Å². The second-order valence-electron chi connectivity index (χ2n) is 9.46. The van der Waals surface area contributed by atoms with Crippen molar-refractivity contribution in [3.63, 3.8) is 0 Å². The molecule has 1 heterocycles. The minimum absolute atomic E-state index is 0.0440. The van der Waals surface area contributed by atoms with Gasteiger partial charge in [0.05, 0.1) is 7.11 Å². The van der Waals surface area contributed by atoms with E-state index in [9.17, 15) is 14.4 Å². The number of amides is 4. The highest BCUT2D eigenvalue weighted by Crippen LogP contribution is 2.21. The van der Waals surface area contributed by atoms with Crippen LogP contribution in [0.5, 0.6) is 5.75 Å². The lowest BCUT2D eigenvalue weighted by molar-refractivity contribution is -0.116. The van der Waals surface area contributed by atoms with Gasteiger partial charge in [0, 0.05) is 60.4 Å². The number of hydrogen-bond acceptors (Lipinski definition) is 5. The van der Waals surface area contributed by atoms with Crippen molar-refractivity contribution in [2.75, 3.05) is 61.9 Å². The maximum atomic E-state index is 12.9. The van der Waals surface area contributed by atoms with Gasteiger partial charge in [0.1, 0.15) is 12.3 Å². The monoisotopic (exact) mass is 563 g/mol. The largest absolute Gasteiger partial charge is 0.497 e. The number of halogens is 1. The fraction of sp³-hybridized carbons (Fsp3) is 0.300. The zero-order valence-electron chi connectivity index (χ0n) is 22.7. The van der Waals surface area contributed by atoms with Crippen LogP contribution in [0.2, 0.25) is 5.02 Å². The Bertz CT molecular complexity index is 1290. The minimum Gasteiger partial charge on any atom is -0.497 e. The molecule has 9 nitrogen and oxygen atoms in total. The van der Waals surface area contributed by atoms with Gasteiger partial charge in [-0.15, -0.1) is 0 Å². The van der Waals surface area contributed by atoms with Gasteiger partial charge in [0.25, 0.3) is 5.91 Å². The molecule has 1 aliphatic rings. The number of carbonyl (C=O) groups is 3. The van der Waals surface area contributed by atoms with E-state index in [4.69, 9.17) is 16.3 Å². The molecule has 0 bridgehead atoms. The first-order valence-electron chi connectivity index (χ1n) is 13.3. The average molecular weight is 564 g/mol. The molecule has 10 heteroatoms. The molecule has 40 heavy (non-hydrogen) atoms. The SMILES string of the molecule is CCCN(CC(=O)Nc1ccc(N2CCN(C(=O)Nc3ccc(OC)cc3)CC2)cc1)C(=O)c1ccc(Cl)cc1. The summed E-state index contributed by atoms with van der Waals surface area (Å²) in [5, 5.41) is 6.37. The Morgan fingerprint density at radius 3 is 2.05 bits per heavy atom. The maximum absolute atomic E-state index is 12.9. The maximum Gasteiger partial charge on any atom is 0.321 e. The Balaban J connectivity index is 1.26. The fourth-order valence-corrected chi connectivity index (χ4v) is 4.60. The number of rotatable bonds is 9. The third-order valence-electron chi connectivity index (χ3n) is 6.63. The highest BCUT2D eigenvalue weighted by molar-refractivity contribution is 6.30. The summed E-state index contributed by atoms with van der Waals surface area (Å²) < 4.78 is 5.15. The second kappa shape index (κ2) is 13.7. The molecule has 0 aromatic heterocycles. The van der Waals surface area contributed by atoms with Crippen molar-refractivity contribution in [3.8, 4) is 5.75 Å². The van der Waals surface area contributed by atoms with Crippen LogP contribution in [-0.4, -0.2) is 74.0 Å². The second-order valence-corrected chi connectivity index (χ2v) is 9.90. The number of nitrogens with zero attached hydrogens (tertiary/aromatic N) is 3. The molecular weight excluding hydrogens is 530 g/mol. The van der Waals surface area contributed by atoms with Crippen molar-refractivity contribution in [3.05, 3.63) is 83.4 Å². The van der Waals surface area contributed by atoms with Crippen LogP contribution in [0, 0.1) is 0 Å². The first-order valence-corrected chi connectivity index (χ1v) is 13.6. The predicted molar refractivity (Wildman–Crippen MR) is 159 cm³/mol. The number of benzene rings is 3. The normalized spacial score (nSPS) is 13.0. The number of carbonyl (C=O) groups excluding carboxylic acids is 3. The Kier molecular flexibility index (Phi) is 9.86. The van der Waals surface area contributed by atoms with E-state index in [0.717, 1.165) is 23.5 Å². The van der Waals surface area contributed by atoms with E-state index in [-0.39, 0.29) is 24.4 Å². The van der Waals surface area contributed by atoms with Gasteiger partial charge in [-0.25, -0.2) is 4.79 Å². The Labute approximate surface area is 239 Å². The molecule has 1 aliphatic heterocycles. The van der Waals surface area contributed by atoms with Crippen LogP contribution < -0.4 is 20.3 Å². The molecule has 3 aromatic carbocycles. The van der Waals surface area contributed by atoms with E-state index in [1.54, 1.807) is 36.3 Å². The smallest absolute Gasteiger partial charge is 0.321 e. The van der Waals surface area contributed by atoms with Crippen molar-refractivity contribution in [1.82, 2.24) is 9.80 Å². The summed E-state index contributed by atoms with van der Waals surface area (Å²) in [5.41, 5.74) is 2.88. The van der Waals surface area contributed by atoms with Crippen LogP contribution in [0.1, 0.15) is 23.7 Å². The number of hydrogen-bond donors (Lipinski definition) is 2. The molecule has 0 unspecified atom stereocenters. The summed E-state index contributed by atoms with van der Waals surface area (Å²) in [6.07, 6.45) is 0.734. The predicted octanol–water partition coefficient (Wildman–Crippen LogP) is 5.19. The zero-order valence-corrected chi connectivity index (χ0v) is 23.5. The zero-order chi connectivity index (χ0) is 28.5. The van der Waals surface area contributed by atoms with Crippen LogP contribution in [0.3, 0.4) is 0 Å². The van der Waals surface area contributed by atoms with Gasteiger partial charge in [-0.1, -0.05) is 18.5 Å². The molecule has 2 N–H and O–H groups in total. The molecule has 0 saturated carbocycles. The highest BCUT2D eigenvalue weighted by Gasteiger charge is 2.22. The Hall–Kier alpha value is -4.24. The molecule has 1 saturated heterocycles. The Morgan fingerprint density at radius 1 is 0.850 bits per heavy atom. The van der Waals surface area contributed by atoms with Crippen LogP contribution in [0.15, 0.2) is 72.8 Å². The first kappa shape index (κ1) is 28.8. The van der Waals surface area contributed by atoms with Crippen molar-refractivity contribution in [1.29, 1.82) is 0 Å². The van der Waals surface area contributed by atoms with E-state index in [1.165, 1.54) is 4.90 Å². The molecule has 4 amide bonds. The van der Waals surface area contributed by atoms with Crippen LogP contribution in [0.25, 0.3) is 0 Å². The van der Waals surface area contributed by atoms with Gasteiger partial charge in [-0.2, -0.15) is 0 Å². The summed E-state index contributed by atoms with van der Waals surface area (Å²) in [5.74, 6) is 0.265. The van der Waals surface area contributed by atoms with E-state index < -0.39 is 0 Å². The number of nitrogens with one attached hydrogen (secondary N) is 2. The van der Waals surface area contributed by atoms with Gasteiger partial charge in [-0.05, 0) is 79.2 Å². The molecular formula is C30H34ClN5O4. The molecule has 3 aromatic rings. The van der Waals surface area contributed by atoms with Crippen molar-refractivity contribution >= 4 is 46.5 Å². The molecule has 0 aliphatic carbocycles. The number of piperazine rings is 1.